The summed E-state index contributed by atoms with van der Waals surface area (Å²) in [6.07, 6.45) is 4.55. The Hall–Kier alpha value is -1.25. The van der Waals surface area contributed by atoms with Gasteiger partial charge in [0.25, 0.3) is 0 Å². The molecule has 0 aliphatic rings. The van der Waals surface area contributed by atoms with Crippen LogP contribution in [0.1, 0.15) is 5.56 Å². The van der Waals surface area contributed by atoms with Crippen molar-refractivity contribution in [3.05, 3.63) is 18.0 Å². The fourth-order valence-electron chi connectivity index (χ4n) is 0.513. The molecule has 8 heavy (non-hydrogen) atoms. The summed E-state index contributed by atoms with van der Waals surface area (Å²) in [6.45, 7) is 0. The van der Waals surface area contributed by atoms with E-state index in [9.17, 15) is 0 Å². The first-order chi connectivity index (χ1) is 3.84. The van der Waals surface area contributed by atoms with Crippen molar-refractivity contribution in [3.8, 4) is 0 Å². The Morgan fingerprint density at radius 1 is 1.62 bits per heavy atom. The highest BCUT2D eigenvalue weighted by molar-refractivity contribution is 5.84. The van der Waals surface area contributed by atoms with Crippen LogP contribution in [0, 0.1) is 5.41 Å². The van der Waals surface area contributed by atoms with Crippen molar-refractivity contribution in [3.63, 3.8) is 0 Å². The van der Waals surface area contributed by atoms with Crippen LogP contribution in [0.15, 0.2) is 12.4 Å². The van der Waals surface area contributed by atoms with Crippen LogP contribution in [0.5, 0.6) is 0 Å². The lowest BCUT2D eigenvalue weighted by Crippen LogP contribution is -1.85. The number of nitrogens with two attached hydrogens (primary N) is 1. The Balaban J connectivity index is 3.09. The summed E-state index contributed by atoms with van der Waals surface area (Å²) in [7, 11) is 0. The van der Waals surface area contributed by atoms with Crippen molar-refractivity contribution < 1.29 is 0 Å². The molecule has 0 saturated carbocycles. The summed E-state index contributed by atoms with van der Waals surface area (Å²) >= 11 is 0. The summed E-state index contributed by atoms with van der Waals surface area (Å²) in [4.78, 5) is 2.77. The lowest BCUT2D eigenvalue weighted by molar-refractivity contribution is 1.41. The zero-order valence-corrected chi connectivity index (χ0v) is 4.31. The Labute approximate surface area is 47.0 Å². The molecule has 4 N–H and O–H groups in total. The number of nitrogens with one attached hydrogen (secondary N) is 2. The summed E-state index contributed by atoms with van der Waals surface area (Å²) in [5.41, 5.74) is 6.73. The molecule has 3 heteroatoms. The minimum atomic E-state index is 0.625. The second-order valence-electron chi connectivity index (χ2n) is 1.51. The minimum absolute atomic E-state index is 0.625. The molecular formula is C5H7N3. The van der Waals surface area contributed by atoms with Gasteiger partial charge in [0, 0.05) is 24.2 Å². The largest absolute Gasteiger partial charge is 0.397 e. The molecule has 0 atom stereocenters. The smallest absolute Gasteiger partial charge is 0.0580 e. The zero-order chi connectivity index (χ0) is 5.98. The van der Waals surface area contributed by atoms with Gasteiger partial charge in [-0.15, -0.1) is 0 Å². The monoisotopic (exact) mass is 109 g/mol. The van der Waals surface area contributed by atoms with Crippen LogP contribution in [0.3, 0.4) is 0 Å². The number of nitrogen functional groups attached to an aromatic ring is 1. The molecule has 0 unspecified atom stereocenters. The molecule has 1 aromatic heterocycles. The predicted molar refractivity (Wildman–Crippen MR) is 33.1 cm³/mol. The maximum absolute atomic E-state index is 6.78. The van der Waals surface area contributed by atoms with Crippen LogP contribution in [0.25, 0.3) is 0 Å². The lowest BCUT2D eigenvalue weighted by Gasteiger charge is -1.82. The quantitative estimate of drug-likeness (QED) is 0.454. The Bertz CT molecular complexity index is 189. The van der Waals surface area contributed by atoms with Gasteiger partial charge < -0.3 is 16.1 Å². The van der Waals surface area contributed by atoms with Crippen molar-refractivity contribution in [1.82, 2.24) is 4.98 Å². The molecule has 1 rings (SSSR count). The highest BCUT2D eigenvalue weighted by atomic mass is 14.7. The van der Waals surface area contributed by atoms with E-state index in [2.05, 4.69) is 4.98 Å². The van der Waals surface area contributed by atoms with Gasteiger partial charge in [-0.25, -0.2) is 0 Å². The molecule has 3 nitrogen and oxygen atoms in total. The normalized spacial score (nSPS) is 9.00. The average Bonchev–Trinajstić information content (AvgIpc) is 2.14. The van der Waals surface area contributed by atoms with E-state index in [1.807, 2.05) is 0 Å². The van der Waals surface area contributed by atoms with Gasteiger partial charge in [0.15, 0.2) is 0 Å². The van der Waals surface area contributed by atoms with E-state index < -0.39 is 0 Å². The molecule has 0 amide bonds. The van der Waals surface area contributed by atoms with E-state index in [1.54, 1.807) is 12.4 Å². The standard InChI is InChI=1S/C5H7N3/c6-1-4-2-8-3-5(4)7/h1-3,6,8H,7H2. The Morgan fingerprint density at radius 3 is 2.62 bits per heavy atom. The lowest BCUT2D eigenvalue weighted by atomic mass is 10.3. The maximum atomic E-state index is 6.78. The van der Waals surface area contributed by atoms with Gasteiger partial charge in [-0.3, -0.25) is 0 Å². The molecule has 0 saturated heterocycles. The van der Waals surface area contributed by atoms with Crippen LogP contribution in [0.4, 0.5) is 5.69 Å². The van der Waals surface area contributed by atoms with E-state index in [0.717, 1.165) is 5.56 Å². The second kappa shape index (κ2) is 1.69. The molecule has 0 aliphatic heterocycles. The number of anilines is 1. The number of hydrogen-bond donors (Lipinski definition) is 3. The van der Waals surface area contributed by atoms with Gasteiger partial charge in [0.1, 0.15) is 0 Å². The molecule has 0 aromatic carbocycles. The van der Waals surface area contributed by atoms with Crippen molar-refractivity contribution in [1.29, 1.82) is 5.41 Å². The Morgan fingerprint density at radius 2 is 2.38 bits per heavy atom. The highest BCUT2D eigenvalue weighted by Crippen LogP contribution is 2.04. The van der Waals surface area contributed by atoms with Crippen LogP contribution in [-0.4, -0.2) is 11.2 Å². The van der Waals surface area contributed by atoms with E-state index in [0.29, 0.717) is 5.69 Å². The number of aromatic nitrogens is 1. The molecular weight excluding hydrogens is 102 g/mol. The first-order valence-electron chi connectivity index (χ1n) is 2.27. The second-order valence-corrected chi connectivity index (χ2v) is 1.51. The molecule has 0 spiro atoms. The fraction of sp³-hybridized carbons (Fsp3) is 0. The molecule has 0 bridgehead atoms. The van der Waals surface area contributed by atoms with Gasteiger partial charge in [-0.1, -0.05) is 0 Å². The third-order valence-corrected chi connectivity index (χ3v) is 0.967. The first-order valence-corrected chi connectivity index (χ1v) is 2.27. The summed E-state index contributed by atoms with van der Waals surface area (Å²) in [5.74, 6) is 0. The zero-order valence-electron chi connectivity index (χ0n) is 4.31. The summed E-state index contributed by atoms with van der Waals surface area (Å²) < 4.78 is 0. The van der Waals surface area contributed by atoms with Crippen molar-refractivity contribution in [2.24, 2.45) is 0 Å². The minimum Gasteiger partial charge on any atom is -0.397 e. The van der Waals surface area contributed by atoms with Crippen LogP contribution >= 0.6 is 0 Å². The SMILES string of the molecule is N=Cc1c[nH]cc1N. The maximum Gasteiger partial charge on any atom is 0.0580 e. The third kappa shape index (κ3) is 0.578. The number of hydrogen-bond acceptors (Lipinski definition) is 2. The van der Waals surface area contributed by atoms with Crippen LogP contribution < -0.4 is 5.73 Å². The number of aromatic amines is 1. The highest BCUT2D eigenvalue weighted by Gasteiger charge is 1.90. The van der Waals surface area contributed by atoms with E-state index >= 15 is 0 Å². The van der Waals surface area contributed by atoms with Gasteiger partial charge in [0.05, 0.1) is 5.69 Å². The predicted octanol–water partition coefficient (Wildman–Crippen LogP) is 0.595. The molecule has 0 aliphatic carbocycles. The van der Waals surface area contributed by atoms with Gasteiger partial charge in [-0.2, -0.15) is 0 Å². The first kappa shape index (κ1) is 4.90. The number of H-pyrrole nitrogens is 1. The average molecular weight is 109 g/mol. The van der Waals surface area contributed by atoms with Gasteiger partial charge in [-0.05, 0) is 0 Å². The summed E-state index contributed by atoms with van der Waals surface area (Å²) in [5, 5.41) is 6.78. The number of rotatable bonds is 1. The summed E-state index contributed by atoms with van der Waals surface area (Å²) in [6, 6.07) is 0. The molecule has 0 fully saturated rings. The van der Waals surface area contributed by atoms with Gasteiger partial charge in [0.2, 0.25) is 0 Å². The molecule has 1 heterocycles. The molecule has 1 aromatic rings. The van der Waals surface area contributed by atoms with Crippen molar-refractivity contribution in [2.75, 3.05) is 5.73 Å². The Kier molecular flexibility index (Phi) is 1.04. The fourth-order valence-corrected chi connectivity index (χ4v) is 0.513. The molecule has 42 valence electrons. The van der Waals surface area contributed by atoms with Crippen LogP contribution in [-0.2, 0) is 0 Å². The van der Waals surface area contributed by atoms with Crippen LogP contribution in [0.2, 0.25) is 0 Å². The van der Waals surface area contributed by atoms with Gasteiger partial charge >= 0.3 is 0 Å². The van der Waals surface area contributed by atoms with Crippen molar-refractivity contribution in [2.45, 2.75) is 0 Å². The topological polar surface area (TPSA) is 65.7 Å². The van der Waals surface area contributed by atoms with E-state index in [4.69, 9.17) is 11.1 Å². The van der Waals surface area contributed by atoms with Crippen molar-refractivity contribution >= 4 is 11.9 Å². The van der Waals surface area contributed by atoms with E-state index in [1.165, 1.54) is 6.21 Å². The third-order valence-electron chi connectivity index (χ3n) is 0.967. The van der Waals surface area contributed by atoms with E-state index in [-0.39, 0.29) is 0 Å². The molecule has 0 radical (unpaired) electrons.